The van der Waals surface area contributed by atoms with Crippen LogP contribution < -0.4 is 0 Å². The van der Waals surface area contributed by atoms with Gasteiger partial charge in [-0.15, -0.1) is 0 Å². The van der Waals surface area contributed by atoms with Gasteiger partial charge in [0.25, 0.3) is 0 Å². The molecule has 1 nitrogen and oxygen atoms in total. The van der Waals surface area contributed by atoms with Crippen LogP contribution in [0.15, 0.2) is 54.7 Å². The van der Waals surface area contributed by atoms with Crippen molar-refractivity contribution in [2.24, 2.45) is 0 Å². The van der Waals surface area contributed by atoms with E-state index in [1.807, 2.05) is 0 Å². The Labute approximate surface area is 168 Å². The molecule has 0 amide bonds. The lowest BCUT2D eigenvalue weighted by molar-refractivity contribution is 0.518. The first-order valence-electron chi connectivity index (χ1n) is 10.6. The molecule has 2 aliphatic carbocycles. The van der Waals surface area contributed by atoms with Crippen LogP contribution in [0.2, 0.25) is 0 Å². The molecular formula is C27H29N. The maximum atomic E-state index is 4.95. The summed E-state index contributed by atoms with van der Waals surface area (Å²) >= 11 is 0. The van der Waals surface area contributed by atoms with Crippen LogP contribution in [0.1, 0.15) is 73.9 Å². The summed E-state index contributed by atoms with van der Waals surface area (Å²) < 4.78 is 0. The van der Waals surface area contributed by atoms with E-state index in [4.69, 9.17) is 4.98 Å². The minimum absolute atomic E-state index is 0.0205. The number of benzene rings is 2. The molecule has 0 aliphatic heterocycles. The van der Waals surface area contributed by atoms with E-state index in [1.54, 1.807) is 0 Å². The highest BCUT2D eigenvalue weighted by molar-refractivity contribution is 5.66. The van der Waals surface area contributed by atoms with E-state index < -0.39 is 0 Å². The fraction of sp³-hybridized carbons (Fsp3) is 0.370. The Balaban J connectivity index is 1.67. The van der Waals surface area contributed by atoms with Gasteiger partial charge in [-0.2, -0.15) is 0 Å². The molecule has 1 heteroatoms. The van der Waals surface area contributed by atoms with E-state index in [9.17, 15) is 0 Å². The fourth-order valence-corrected chi connectivity index (χ4v) is 5.38. The maximum Gasteiger partial charge on any atom is 0.0705 e. The molecule has 1 aromatic heterocycles. The van der Waals surface area contributed by atoms with Crippen molar-refractivity contribution >= 4 is 0 Å². The molecular weight excluding hydrogens is 338 g/mol. The van der Waals surface area contributed by atoms with Crippen LogP contribution in [-0.4, -0.2) is 4.98 Å². The smallest absolute Gasteiger partial charge is 0.0705 e. The van der Waals surface area contributed by atoms with Crippen LogP contribution in [0.3, 0.4) is 0 Å². The number of fused-ring (bicyclic) bond motifs is 3. The van der Waals surface area contributed by atoms with Gasteiger partial charge in [-0.05, 0) is 71.2 Å². The predicted molar refractivity (Wildman–Crippen MR) is 117 cm³/mol. The molecule has 1 heterocycles. The lowest BCUT2D eigenvalue weighted by Gasteiger charge is -2.43. The Morgan fingerprint density at radius 3 is 2.04 bits per heavy atom. The lowest BCUT2D eigenvalue weighted by Crippen LogP contribution is -2.36. The molecule has 2 aliphatic rings. The highest BCUT2D eigenvalue weighted by Crippen LogP contribution is 2.49. The molecule has 0 saturated carbocycles. The molecule has 0 bridgehead atoms. The van der Waals surface area contributed by atoms with Gasteiger partial charge in [0, 0.05) is 22.6 Å². The van der Waals surface area contributed by atoms with Crippen molar-refractivity contribution in [3.05, 3.63) is 88.1 Å². The standard InChI is InChI=1S/C27H29N/c1-26(2)21-11-7-8-12-22(21)27(3,4)24-17-28-25(16-23(24)26)20-14-13-18-9-5-6-10-19(18)15-20/h7-8,11-17H,5-6,9-10H2,1-4H3. The van der Waals surface area contributed by atoms with Crippen LogP contribution in [0.25, 0.3) is 11.3 Å². The van der Waals surface area contributed by atoms with Gasteiger partial charge in [0.1, 0.15) is 0 Å². The second kappa shape index (κ2) is 6.04. The van der Waals surface area contributed by atoms with Crippen LogP contribution in [0, 0.1) is 0 Å². The quantitative estimate of drug-likeness (QED) is 0.472. The number of hydrogen-bond acceptors (Lipinski definition) is 1. The molecule has 0 spiro atoms. The second-order valence-electron chi connectivity index (χ2n) is 9.60. The van der Waals surface area contributed by atoms with Gasteiger partial charge in [-0.3, -0.25) is 4.98 Å². The Morgan fingerprint density at radius 2 is 1.32 bits per heavy atom. The molecule has 28 heavy (non-hydrogen) atoms. The minimum atomic E-state index is -0.0250. The number of hydrogen-bond donors (Lipinski definition) is 0. The third-order valence-electron chi connectivity index (χ3n) is 7.17. The van der Waals surface area contributed by atoms with E-state index >= 15 is 0 Å². The van der Waals surface area contributed by atoms with Gasteiger partial charge in [0.15, 0.2) is 0 Å². The van der Waals surface area contributed by atoms with Gasteiger partial charge >= 0.3 is 0 Å². The summed E-state index contributed by atoms with van der Waals surface area (Å²) in [4.78, 5) is 4.95. The molecule has 0 saturated heterocycles. The van der Waals surface area contributed by atoms with Crippen LogP contribution >= 0.6 is 0 Å². The average molecular weight is 368 g/mol. The first-order valence-corrected chi connectivity index (χ1v) is 10.6. The fourth-order valence-electron chi connectivity index (χ4n) is 5.38. The van der Waals surface area contributed by atoms with E-state index in [2.05, 4.69) is 82.4 Å². The summed E-state index contributed by atoms with van der Waals surface area (Å²) in [6, 6.07) is 18.3. The molecule has 5 rings (SSSR count). The highest BCUT2D eigenvalue weighted by atomic mass is 14.7. The van der Waals surface area contributed by atoms with Crippen LogP contribution in [0.4, 0.5) is 0 Å². The Morgan fingerprint density at radius 1 is 0.679 bits per heavy atom. The van der Waals surface area contributed by atoms with E-state index in [0.717, 1.165) is 5.69 Å². The number of aryl methyl sites for hydroxylation is 2. The number of aromatic nitrogens is 1. The number of pyridine rings is 1. The van der Waals surface area contributed by atoms with Crippen LogP contribution in [0.5, 0.6) is 0 Å². The van der Waals surface area contributed by atoms with Gasteiger partial charge in [0.2, 0.25) is 0 Å². The molecule has 0 atom stereocenters. The van der Waals surface area contributed by atoms with E-state index in [0.29, 0.717) is 0 Å². The zero-order chi connectivity index (χ0) is 19.5. The van der Waals surface area contributed by atoms with Crippen molar-refractivity contribution in [2.75, 3.05) is 0 Å². The number of rotatable bonds is 1. The predicted octanol–water partition coefficient (Wildman–Crippen LogP) is 6.59. The SMILES string of the molecule is CC1(C)c2ccccc2C(C)(C)c2cc(-c3ccc4c(c3)CCCC4)ncc21. The minimum Gasteiger partial charge on any atom is -0.256 e. The largest absolute Gasteiger partial charge is 0.256 e. The van der Waals surface area contributed by atoms with E-state index in [-0.39, 0.29) is 10.8 Å². The molecule has 0 unspecified atom stereocenters. The summed E-state index contributed by atoms with van der Waals surface area (Å²) in [6.45, 7) is 9.38. The molecule has 0 fully saturated rings. The zero-order valence-electron chi connectivity index (χ0n) is 17.5. The number of nitrogens with zero attached hydrogens (tertiary/aromatic N) is 1. The Hall–Kier alpha value is -2.41. The Kier molecular flexibility index (Phi) is 3.81. The molecule has 0 radical (unpaired) electrons. The van der Waals surface area contributed by atoms with Gasteiger partial charge in [0.05, 0.1) is 5.69 Å². The average Bonchev–Trinajstić information content (AvgIpc) is 2.72. The van der Waals surface area contributed by atoms with Crippen molar-refractivity contribution in [3.63, 3.8) is 0 Å². The van der Waals surface area contributed by atoms with Crippen molar-refractivity contribution in [2.45, 2.75) is 64.2 Å². The Bertz CT molecular complexity index is 1070. The monoisotopic (exact) mass is 367 g/mol. The molecule has 2 aromatic carbocycles. The highest BCUT2D eigenvalue weighted by Gasteiger charge is 2.41. The van der Waals surface area contributed by atoms with Gasteiger partial charge < -0.3 is 0 Å². The van der Waals surface area contributed by atoms with Gasteiger partial charge in [-0.25, -0.2) is 0 Å². The van der Waals surface area contributed by atoms with Crippen molar-refractivity contribution in [1.29, 1.82) is 0 Å². The first-order chi connectivity index (χ1) is 13.4. The summed E-state index contributed by atoms with van der Waals surface area (Å²) in [5, 5.41) is 0. The summed E-state index contributed by atoms with van der Waals surface area (Å²) in [7, 11) is 0. The summed E-state index contributed by atoms with van der Waals surface area (Å²) in [5.41, 5.74) is 11.0. The zero-order valence-corrected chi connectivity index (χ0v) is 17.5. The third kappa shape index (κ3) is 2.49. The summed E-state index contributed by atoms with van der Waals surface area (Å²) in [5.74, 6) is 0. The summed E-state index contributed by atoms with van der Waals surface area (Å²) in [6.07, 6.45) is 7.21. The van der Waals surface area contributed by atoms with E-state index in [1.165, 1.54) is 64.6 Å². The first kappa shape index (κ1) is 17.7. The van der Waals surface area contributed by atoms with Crippen molar-refractivity contribution in [3.8, 4) is 11.3 Å². The lowest BCUT2D eigenvalue weighted by atomic mass is 9.60. The van der Waals surface area contributed by atoms with Crippen LogP contribution in [-0.2, 0) is 23.7 Å². The third-order valence-corrected chi connectivity index (χ3v) is 7.17. The normalized spacial score (nSPS) is 18.7. The van der Waals surface area contributed by atoms with Gasteiger partial charge in [-0.1, -0.05) is 64.1 Å². The molecule has 3 aromatic rings. The molecule has 0 N–H and O–H groups in total. The maximum absolute atomic E-state index is 4.95. The second-order valence-corrected chi connectivity index (χ2v) is 9.60. The van der Waals surface area contributed by atoms with Crippen molar-refractivity contribution < 1.29 is 0 Å². The van der Waals surface area contributed by atoms with Crippen molar-refractivity contribution in [1.82, 2.24) is 4.98 Å². The topological polar surface area (TPSA) is 12.9 Å². The molecule has 142 valence electrons.